The number of carbonyl (C=O) groups is 1. The molecule has 0 fully saturated rings. The molecule has 0 bridgehead atoms. The Hall–Kier alpha value is -1.84. The number of benzene rings is 1. The van der Waals surface area contributed by atoms with Crippen LogP contribution >= 0.6 is 0 Å². The molecule has 0 saturated carbocycles. The highest BCUT2D eigenvalue weighted by Gasteiger charge is 2.36. The Labute approximate surface area is 125 Å². The van der Waals surface area contributed by atoms with Gasteiger partial charge in [0.2, 0.25) is 0 Å². The lowest BCUT2D eigenvalue weighted by atomic mass is 9.92. The van der Waals surface area contributed by atoms with Gasteiger partial charge >= 0.3 is 5.97 Å². The molecule has 0 aromatic heterocycles. The molecular weight excluding hydrogens is 290 g/mol. The summed E-state index contributed by atoms with van der Waals surface area (Å²) in [6.07, 6.45) is 6.35. The molecule has 1 atom stereocenters. The van der Waals surface area contributed by atoms with Gasteiger partial charge in [0.05, 0.1) is 18.0 Å². The highest BCUT2D eigenvalue weighted by atomic mass is 32.2. The summed E-state index contributed by atoms with van der Waals surface area (Å²) in [6, 6.07) is 6.08. The molecule has 1 aromatic carbocycles. The van der Waals surface area contributed by atoms with Gasteiger partial charge in [0.25, 0.3) is 0 Å². The number of esters is 1. The molecule has 0 saturated heterocycles. The summed E-state index contributed by atoms with van der Waals surface area (Å²) < 4.78 is 28.0. The van der Waals surface area contributed by atoms with Crippen LogP contribution in [-0.2, 0) is 24.9 Å². The van der Waals surface area contributed by atoms with Crippen molar-refractivity contribution in [2.75, 3.05) is 19.4 Å². The summed E-state index contributed by atoms with van der Waals surface area (Å²) >= 11 is 0. The van der Waals surface area contributed by atoms with Crippen LogP contribution in [0.25, 0.3) is 0 Å². The molecule has 0 aliphatic carbocycles. The number of carbonyl (C=O) groups excluding carboxylic acids is 1. The zero-order valence-electron chi connectivity index (χ0n) is 12.3. The molecule has 1 rings (SSSR count). The lowest BCUT2D eigenvalue weighted by molar-refractivity contribution is -0.150. The molecular formula is C15H19NO4S. The highest BCUT2D eigenvalue weighted by molar-refractivity contribution is 7.90. The molecule has 114 valence electrons. The van der Waals surface area contributed by atoms with E-state index in [2.05, 4.69) is 11.2 Å². The molecule has 6 heteroatoms. The summed E-state index contributed by atoms with van der Waals surface area (Å²) in [5.74, 6) is 1.95. The smallest absolute Gasteiger partial charge is 0.330 e. The van der Waals surface area contributed by atoms with Crippen molar-refractivity contribution in [1.82, 2.24) is 5.32 Å². The van der Waals surface area contributed by atoms with Gasteiger partial charge < -0.3 is 4.74 Å². The average molecular weight is 309 g/mol. The van der Waals surface area contributed by atoms with Crippen LogP contribution in [-0.4, -0.2) is 33.8 Å². The molecule has 21 heavy (non-hydrogen) atoms. The monoisotopic (exact) mass is 309 g/mol. The molecule has 0 aliphatic rings. The maximum absolute atomic E-state index is 12.2. The number of rotatable bonds is 6. The molecule has 0 radical (unpaired) electrons. The normalized spacial score (nSPS) is 14.0. The average Bonchev–Trinajstić information content (AvgIpc) is 2.44. The third-order valence-electron chi connectivity index (χ3n) is 3.09. The van der Waals surface area contributed by atoms with Crippen LogP contribution < -0.4 is 5.32 Å². The second-order valence-corrected chi connectivity index (χ2v) is 6.72. The molecule has 1 unspecified atom stereocenters. The van der Waals surface area contributed by atoms with Crippen LogP contribution in [0.4, 0.5) is 0 Å². The van der Waals surface area contributed by atoms with E-state index in [0.29, 0.717) is 5.56 Å². The lowest BCUT2D eigenvalue weighted by Crippen LogP contribution is -2.47. The van der Waals surface area contributed by atoms with Crippen LogP contribution in [0.15, 0.2) is 29.2 Å². The Bertz CT molecular complexity index is 643. The molecule has 0 amide bonds. The zero-order chi connectivity index (χ0) is 16.1. The first kappa shape index (κ1) is 17.2. The van der Waals surface area contributed by atoms with E-state index >= 15 is 0 Å². The molecule has 1 aromatic rings. The van der Waals surface area contributed by atoms with E-state index < -0.39 is 21.3 Å². The summed E-state index contributed by atoms with van der Waals surface area (Å²) in [4.78, 5) is 12.4. The van der Waals surface area contributed by atoms with Gasteiger partial charge in [-0.2, -0.15) is 0 Å². The maximum atomic E-state index is 12.2. The fraction of sp³-hybridized carbons (Fsp3) is 0.400. The second kappa shape index (κ2) is 6.74. The van der Waals surface area contributed by atoms with E-state index in [4.69, 9.17) is 11.2 Å². The van der Waals surface area contributed by atoms with E-state index in [-0.39, 0.29) is 18.0 Å². The molecule has 0 aliphatic heterocycles. The second-order valence-electron chi connectivity index (χ2n) is 4.70. The Morgan fingerprint density at radius 2 is 1.95 bits per heavy atom. The van der Waals surface area contributed by atoms with Gasteiger partial charge in [-0.05, 0) is 31.5 Å². The first-order valence-corrected chi connectivity index (χ1v) is 8.31. The number of sulfone groups is 1. The number of nitrogens with one attached hydrogen (secondary N) is 1. The van der Waals surface area contributed by atoms with Crippen LogP contribution in [0.2, 0.25) is 0 Å². The Balaban J connectivity index is 3.21. The van der Waals surface area contributed by atoms with Gasteiger partial charge in [0, 0.05) is 6.26 Å². The first-order valence-electron chi connectivity index (χ1n) is 6.42. The topological polar surface area (TPSA) is 72.5 Å². The molecule has 0 spiro atoms. The SMILES string of the molecule is C#CCNC(C)(C(=O)OCC)c1ccc(S(C)(=O)=O)cc1. The van der Waals surface area contributed by atoms with Gasteiger partial charge in [0.1, 0.15) is 5.54 Å². The number of hydrogen-bond acceptors (Lipinski definition) is 5. The molecule has 0 heterocycles. The van der Waals surface area contributed by atoms with Crippen molar-refractivity contribution < 1.29 is 17.9 Å². The maximum Gasteiger partial charge on any atom is 0.330 e. The van der Waals surface area contributed by atoms with Crippen molar-refractivity contribution in [2.45, 2.75) is 24.3 Å². The zero-order valence-corrected chi connectivity index (χ0v) is 13.2. The van der Waals surface area contributed by atoms with Gasteiger partial charge in [-0.15, -0.1) is 6.42 Å². The van der Waals surface area contributed by atoms with Crippen LogP contribution in [0.5, 0.6) is 0 Å². The number of terminal acetylenes is 1. The summed E-state index contributed by atoms with van der Waals surface area (Å²) in [5.41, 5.74) is -0.540. The number of ether oxygens (including phenoxy) is 1. The number of hydrogen-bond donors (Lipinski definition) is 1. The van der Waals surface area contributed by atoms with Gasteiger partial charge in [0.15, 0.2) is 9.84 Å². The van der Waals surface area contributed by atoms with Gasteiger partial charge in [-0.3, -0.25) is 5.32 Å². The minimum absolute atomic E-state index is 0.184. The molecule has 5 nitrogen and oxygen atoms in total. The van der Waals surface area contributed by atoms with Crippen LogP contribution in [0.3, 0.4) is 0 Å². The standard InChI is InChI=1S/C15H19NO4S/c1-5-11-16-15(3,14(17)20-6-2)12-7-9-13(10-8-12)21(4,18)19/h1,7-10,16H,6,11H2,2-4H3. The van der Waals surface area contributed by atoms with Crippen molar-refractivity contribution in [1.29, 1.82) is 0 Å². The van der Waals surface area contributed by atoms with E-state index in [9.17, 15) is 13.2 Å². The fourth-order valence-electron chi connectivity index (χ4n) is 1.83. The largest absolute Gasteiger partial charge is 0.464 e. The fourth-order valence-corrected chi connectivity index (χ4v) is 2.46. The third kappa shape index (κ3) is 4.06. The van der Waals surface area contributed by atoms with E-state index in [1.807, 2.05) is 0 Å². The van der Waals surface area contributed by atoms with E-state index in [1.165, 1.54) is 12.1 Å². The predicted molar refractivity (Wildman–Crippen MR) is 80.4 cm³/mol. The quantitative estimate of drug-likeness (QED) is 0.629. The Kier molecular flexibility index (Phi) is 5.53. The van der Waals surface area contributed by atoms with Crippen molar-refractivity contribution in [3.05, 3.63) is 29.8 Å². The van der Waals surface area contributed by atoms with E-state index in [0.717, 1.165) is 6.26 Å². The lowest BCUT2D eigenvalue weighted by Gasteiger charge is -2.28. The summed E-state index contributed by atoms with van der Waals surface area (Å²) in [5, 5.41) is 2.94. The van der Waals surface area contributed by atoms with Crippen molar-refractivity contribution in [3.8, 4) is 12.3 Å². The predicted octanol–water partition coefficient (Wildman–Crippen LogP) is 1.09. The van der Waals surface area contributed by atoms with Crippen LogP contribution in [0, 0.1) is 12.3 Å². The van der Waals surface area contributed by atoms with Crippen molar-refractivity contribution in [2.24, 2.45) is 0 Å². The highest BCUT2D eigenvalue weighted by Crippen LogP contribution is 2.24. The first-order chi connectivity index (χ1) is 9.75. The van der Waals surface area contributed by atoms with Gasteiger partial charge in [-0.25, -0.2) is 13.2 Å². The van der Waals surface area contributed by atoms with Gasteiger partial charge in [-0.1, -0.05) is 18.1 Å². The molecule has 1 N–H and O–H groups in total. The van der Waals surface area contributed by atoms with Crippen molar-refractivity contribution in [3.63, 3.8) is 0 Å². The minimum atomic E-state index is -3.28. The van der Waals surface area contributed by atoms with Crippen molar-refractivity contribution >= 4 is 15.8 Å². The minimum Gasteiger partial charge on any atom is -0.464 e. The Morgan fingerprint density at radius 1 is 1.38 bits per heavy atom. The van der Waals surface area contributed by atoms with E-state index in [1.54, 1.807) is 26.0 Å². The third-order valence-corrected chi connectivity index (χ3v) is 4.22. The summed E-state index contributed by atoms with van der Waals surface area (Å²) in [6.45, 7) is 3.79. The van der Waals surface area contributed by atoms with Crippen LogP contribution in [0.1, 0.15) is 19.4 Å². The summed E-state index contributed by atoms with van der Waals surface area (Å²) in [7, 11) is -3.28. The Morgan fingerprint density at radius 3 is 2.38 bits per heavy atom.